The van der Waals surface area contributed by atoms with Gasteiger partial charge in [-0.2, -0.15) is 5.10 Å². The molecular formula is C14H20N6O. The lowest BCUT2D eigenvalue weighted by Crippen LogP contribution is -2.38. The first kappa shape index (κ1) is 13.8. The van der Waals surface area contributed by atoms with E-state index >= 15 is 0 Å². The minimum atomic E-state index is 0.0466. The fourth-order valence-electron chi connectivity index (χ4n) is 2.84. The van der Waals surface area contributed by atoms with E-state index in [1.807, 2.05) is 13.2 Å². The van der Waals surface area contributed by atoms with Crippen molar-refractivity contribution in [1.29, 1.82) is 0 Å². The zero-order valence-electron chi connectivity index (χ0n) is 12.4. The Balaban J connectivity index is 1.70. The molecule has 1 aliphatic rings. The van der Waals surface area contributed by atoms with Gasteiger partial charge in [-0.25, -0.2) is 9.97 Å². The van der Waals surface area contributed by atoms with Crippen molar-refractivity contribution in [2.45, 2.75) is 19.8 Å². The van der Waals surface area contributed by atoms with Crippen LogP contribution in [-0.2, 0) is 11.8 Å². The molecule has 1 amide bonds. The molecule has 0 atom stereocenters. The highest BCUT2D eigenvalue weighted by molar-refractivity contribution is 5.86. The molecule has 3 heterocycles. The Hall–Kier alpha value is -2.18. The third-order valence-electron chi connectivity index (χ3n) is 4.06. The minimum Gasteiger partial charge on any atom is -0.356 e. The first-order chi connectivity index (χ1) is 10.1. The van der Waals surface area contributed by atoms with Crippen LogP contribution in [0.4, 0.5) is 5.82 Å². The molecule has 1 fully saturated rings. The molecule has 2 aromatic heterocycles. The molecular weight excluding hydrogens is 268 g/mol. The van der Waals surface area contributed by atoms with Gasteiger partial charge in [-0.15, -0.1) is 0 Å². The minimum absolute atomic E-state index is 0.0466. The van der Waals surface area contributed by atoms with Crippen LogP contribution in [0.2, 0.25) is 0 Å². The van der Waals surface area contributed by atoms with Crippen LogP contribution in [0.3, 0.4) is 0 Å². The summed E-state index contributed by atoms with van der Waals surface area (Å²) in [4.78, 5) is 22.0. The summed E-state index contributed by atoms with van der Waals surface area (Å²) in [5.74, 6) is 1.56. The highest BCUT2D eigenvalue weighted by atomic mass is 16.1. The number of rotatable bonds is 3. The van der Waals surface area contributed by atoms with Crippen LogP contribution in [0.1, 0.15) is 19.8 Å². The lowest BCUT2D eigenvalue weighted by Gasteiger charge is -2.32. The quantitative estimate of drug-likeness (QED) is 0.900. The van der Waals surface area contributed by atoms with Crippen LogP contribution in [0.5, 0.6) is 0 Å². The number of nitrogens with one attached hydrogen (secondary N) is 1. The summed E-state index contributed by atoms with van der Waals surface area (Å²) in [6, 6.07) is 0. The van der Waals surface area contributed by atoms with Gasteiger partial charge in [0.2, 0.25) is 5.91 Å². The largest absolute Gasteiger partial charge is 0.356 e. The van der Waals surface area contributed by atoms with Gasteiger partial charge in [-0.1, -0.05) is 0 Å². The molecule has 0 aliphatic carbocycles. The van der Waals surface area contributed by atoms with Crippen molar-refractivity contribution in [3.8, 4) is 0 Å². The van der Waals surface area contributed by atoms with Gasteiger partial charge in [0.1, 0.15) is 12.1 Å². The van der Waals surface area contributed by atoms with Crippen molar-refractivity contribution in [2.24, 2.45) is 13.0 Å². The third kappa shape index (κ3) is 2.81. The molecule has 0 unspecified atom stereocenters. The zero-order valence-corrected chi connectivity index (χ0v) is 12.4. The normalized spacial score (nSPS) is 16.4. The van der Waals surface area contributed by atoms with E-state index in [0.717, 1.165) is 49.3 Å². The number of carbonyl (C=O) groups is 1. The second-order valence-electron chi connectivity index (χ2n) is 5.57. The summed E-state index contributed by atoms with van der Waals surface area (Å²) in [7, 11) is 1.89. The number of anilines is 1. The second-order valence-corrected chi connectivity index (χ2v) is 5.57. The van der Waals surface area contributed by atoms with Crippen molar-refractivity contribution in [3.05, 3.63) is 12.5 Å². The van der Waals surface area contributed by atoms with Crippen molar-refractivity contribution >= 4 is 22.8 Å². The van der Waals surface area contributed by atoms with Gasteiger partial charge in [0.05, 0.1) is 11.6 Å². The van der Waals surface area contributed by atoms with E-state index in [1.165, 1.54) is 0 Å². The maximum absolute atomic E-state index is 11.0. The summed E-state index contributed by atoms with van der Waals surface area (Å²) in [5, 5.41) is 8.16. The van der Waals surface area contributed by atoms with Gasteiger partial charge in [0.25, 0.3) is 0 Å². The Morgan fingerprint density at radius 3 is 2.86 bits per heavy atom. The number of aryl methyl sites for hydroxylation is 1. The molecule has 0 bridgehead atoms. The lowest BCUT2D eigenvalue weighted by atomic mass is 9.96. The summed E-state index contributed by atoms with van der Waals surface area (Å²) < 4.78 is 1.77. The van der Waals surface area contributed by atoms with Gasteiger partial charge in [-0.3, -0.25) is 9.48 Å². The van der Waals surface area contributed by atoms with E-state index < -0.39 is 0 Å². The molecule has 3 rings (SSSR count). The van der Waals surface area contributed by atoms with Crippen LogP contribution >= 0.6 is 0 Å². The van der Waals surface area contributed by atoms with E-state index in [0.29, 0.717) is 5.92 Å². The average Bonchev–Trinajstić information content (AvgIpc) is 2.87. The van der Waals surface area contributed by atoms with Gasteiger partial charge in [-0.05, 0) is 18.8 Å². The predicted octanol–water partition coefficient (Wildman–Crippen LogP) is 0.716. The molecule has 1 N–H and O–H groups in total. The van der Waals surface area contributed by atoms with Gasteiger partial charge >= 0.3 is 0 Å². The molecule has 0 saturated carbocycles. The summed E-state index contributed by atoms with van der Waals surface area (Å²) in [5.41, 5.74) is 0.861. The summed E-state index contributed by atoms with van der Waals surface area (Å²) in [6.07, 6.45) is 5.55. The van der Waals surface area contributed by atoms with E-state index in [2.05, 4.69) is 25.3 Å². The average molecular weight is 288 g/mol. The number of aromatic nitrogens is 4. The maximum Gasteiger partial charge on any atom is 0.216 e. The monoisotopic (exact) mass is 288 g/mol. The van der Waals surface area contributed by atoms with Crippen molar-refractivity contribution in [1.82, 2.24) is 25.1 Å². The molecule has 0 radical (unpaired) electrons. The first-order valence-corrected chi connectivity index (χ1v) is 7.27. The smallest absolute Gasteiger partial charge is 0.216 e. The Morgan fingerprint density at radius 1 is 1.38 bits per heavy atom. The fraction of sp³-hybridized carbons (Fsp3) is 0.571. The highest BCUT2D eigenvalue weighted by Crippen LogP contribution is 2.26. The SMILES string of the molecule is CC(=O)NCC1CCN(c2ncnc3c2cnn3C)CC1. The Labute approximate surface area is 123 Å². The maximum atomic E-state index is 11.0. The molecule has 1 saturated heterocycles. The third-order valence-corrected chi connectivity index (χ3v) is 4.06. The number of piperidine rings is 1. The van der Waals surface area contributed by atoms with Crippen molar-refractivity contribution in [3.63, 3.8) is 0 Å². The second kappa shape index (κ2) is 5.67. The fourth-order valence-corrected chi connectivity index (χ4v) is 2.84. The number of hydrogen-bond donors (Lipinski definition) is 1. The van der Waals surface area contributed by atoms with Crippen LogP contribution in [0, 0.1) is 5.92 Å². The van der Waals surface area contributed by atoms with E-state index in [1.54, 1.807) is 17.9 Å². The number of carbonyl (C=O) groups excluding carboxylic acids is 1. The molecule has 2 aromatic rings. The summed E-state index contributed by atoms with van der Waals surface area (Å²) >= 11 is 0. The predicted molar refractivity (Wildman–Crippen MR) is 79.9 cm³/mol. The molecule has 0 aromatic carbocycles. The van der Waals surface area contributed by atoms with Crippen LogP contribution < -0.4 is 10.2 Å². The van der Waals surface area contributed by atoms with E-state index in [9.17, 15) is 4.79 Å². The molecule has 112 valence electrons. The van der Waals surface area contributed by atoms with Gasteiger partial charge < -0.3 is 10.2 Å². The van der Waals surface area contributed by atoms with Crippen LogP contribution in [-0.4, -0.2) is 45.3 Å². The van der Waals surface area contributed by atoms with Crippen LogP contribution in [0.15, 0.2) is 12.5 Å². The topological polar surface area (TPSA) is 75.9 Å². The Morgan fingerprint density at radius 2 is 2.14 bits per heavy atom. The molecule has 1 aliphatic heterocycles. The molecule has 0 spiro atoms. The number of fused-ring (bicyclic) bond motifs is 1. The molecule has 7 nitrogen and oxygen atoms in total. The zero-order chi connectivity index (χ0) is 14.8. The number of hydrogen-bond acceptors (Lipinski definition) is 5. The summed E-state index contributed by atoms with van der Waals surface area (Å²) in [6.45, 7) is 4.24. The lowest BCUT2D eigenvalue weighted by molar-refractivity contribution is -0.119. The van der Waals surface area contributed by atoms with Crippen molar-refractivity contribution in [2.75, 3.05) is 24.5 Å². The standard InChI is InChI=1S/C14H20N6O/c1-10(21)15-7-11-3-5-20(6-4-11)14-12-8-18-19(2)13(12)16-9-17-14/h8-9,11H,3-7H2,1-2H3,(H,15,21). The first-order valence-electron chi connectivity index (χ1n) is 7.27. The number of nitrogens with zero attached hydrogens (tertiary/aromatic N) is 5. The Kier molecular flexibility index (Phi) is 3.72. The Bertz CT molecular complexity index is 644. The van der Waals surface area contributed by atoms with Crippen LogP contribution in [0.25, 0.3) is 11.0 Å². The van der Waals surface area contributed by atoms with E-state index in [-0.39, 0.29) is 5.91 Å². The van der Waals surface area contributed by atoms with Crippen molar-refractivity contribution < 1.29 is 4.79 Å². The van der Waals surface area contributed by atoms with Gasteiger partial charge in [0, 0.05) is 33.6 Å². The molecule has 7 heteroatoms. The highest BCUT2D eigenvalue weighted by Gasteiger charge is 2.22. The molecule has 21 heavy (non-hydrogen) atoms. The van der Waals surface area contributed by atoms with Gasteiger partial charge in [0.15, 0.2) is 5.65 Å². The van der Waals surface area contributed by atoms with E-state index in [4.69, 9.17) is 0 Å². The number of amides is 1.